The molecule has 1 rings (SSSR count). The molecular formula is C23H50. The summed E-state index contributed by atoms with van der Waals surface area (Å²) >= 11 is 0. The first-order chi connectivity index (χ1) is 11.0. The van der Waals surface area contributed by atoms with Gasteiger partial charge in [-0.3, -0.25) is 0 Å². The third-order valence-corrected chi connectivity index (χ3v) is 5.49. The zero-order valence-electron chi connectivity index (χ0n) is 18.3. The summed E-state index contributed by atoms with van der Waals surface area (Å²) in [4.78, 5) is 0. The number of hydrogen-bond acceptors (Lipinski definition) is 0. The molecule has 4 unspecified atom stereocenters. The summed E-state index contributed by atoms with van der Waals surface area (Å²) in [6.45, 7) is 20.1. The van der Waals surface area contributed by atoms with Crippen LogP contribution in [0.25, 0.3) is 0 Å². The van der Waals surface area contributed by atoms with Crippen LogP contribution in [-0.4, -0.2) is 0 Å². The molecule has 23 heavy (non-hydrogen) atoms. The Kier molecular flexibility index (Phi) is 18.5. The molecule has 1 saturated carbocycles. The maximum Gasteiger partial charge on any atom is -0.0412 e. The van der Waals surface area contributed by atoms with Crippen LogP contribution in [0.4, 0.5) is 0 Å². The van der Waals surface area contributed by atoms with Crippen LogP contribution in [0.3, 0.4) is 0 Å². The summed E-state index contributed by atoms with van der Waals surface area (Å²) in [5.74, 6) is 4.85. The second-order valence-electron chi connectivity index (χ2n) is 7.99. The van der Waals surface area contributed by atoms with Gasteiger partial charge in [0.05, 0.1) is 0 Å². The fourth-order valence-corrected chi connectivity index (χ4v) is 3.70. The highest BCUT2D eigenvalue weighted by Gasteiger charge is 2.24. The first-order valence-corrected chi connectivity index (χ1v) is 11.0. The van der Waals surface area contributed by atoms with Crippen LogP contribution >= 0.6 is 0 Å². The van der Waals surface area contributed by atoms with Crippen molar-refractivity contribution in [2.24, 2.45) is 29.6 Å². The van der Waals surface area contributed by atoms with Crippen molar-refractivity contribution in [2.45, 2.75) is 120 Å². The number of rotatable bonds is 8. The predicted molar refractivity (Wildman–Crippen MR) is 110 cm³/mol. The highest BCUT2D eigenvalue weighted by atomic mass is 14.3. The minimum Gasteiger partial charge on any atom is -0.0683 e. The van der Waals surface area contributed by atoms with Gasteiger partial charge in [-0.15, -0.1) is 0 Å². The molecule has 0 N–H and O–H groups in total. The van der Waals surface area contributed by atoms with Crippen LogP contribution in [0.15, 0.2) is 0 Å². The lowest BCUT2D eigenvalue weighted by Gasteiger charge is -2.32. The van der Waals surface area contributed by atoms with Crippen molar-refractivity contribution in [3.8, 4) is 0 Å². The SMILES string of the molecule is CC.CC.CC(C)CCCC(C)CCCC1CCC(C)C(C)C1. The highest BCUT2D eigenvalue weighted by molar-refractivity contribution is 4.75. The average molecular weight is 327 g/mol. The molecule has 0 aromatic carbocycles. The van der Waals surface area contributed by atoms with Crippen LogP contribution in [0, 0.1) is 29.6 Å². The molecule has 1 aliphatic carbocycles. The maximum absolute atomic E-state index is 2.46. The summed E-state index contributed by atoms with van der Waals surface area (Å²) in [6.07, 6.45) is 13.3. The minimum absolute atomic E-state index is 0.887. The molecule has 0 aromatic rings. The van der Waals surface area contributed by atoms with Gasteiger partial charge in [-0.2, -0.15) is 0 Å². The van der Waals surface area contributed by atoms with Crippen molar-refractivity contribution in [3.05, 3.63) is 0 Å². The molecule has 0 saturated heterocycles. The first kappa shape index (κ1) is 25.2. The molecule has 1 fully saturated rings. The molecule has 0 spiro atoms. The van der Waals surface area contributed by atoms with E-state index in [1.165, 1.54) is 57.8 Å². The fourth-order valence-electron chi connectivity index (χ4n) is 3.70. The van der Waals surface area contributed by atoms with E-state index in [-0.39, 0.29) is 0 Å². The van der Waals surface area contributed by atoms with Crippen molar-refractivity contribution in [3.63, 3.8) is 0 Å². The van der Waals surface area contributed by atoms with Crippen LogP contribution in [0.2, 0.25) is 0 Å². The van der Waals surface area contributed by atoms with Crippen LogP contribution < -0.4 is 0 Å². The Morgan fingerprint density at radius 1 is 0.739 bits per heavy atom. The molecule has 142 valence electrons. The molecule has 0 aliphatic heterocycles. The van der Waals surface area contributed by atoms with Crippen molar-refractivity contribution in [1.29, 1.82) is 0 Å². The Hall–Kier alpha value is 0. The molecule has 0 heterocycles. The Labute approximate surface area is 150 Å². The average Bonchev–Trinajstić information content (AvgIpc) is 2.54. The van der Waals surface area contributed by atoms with Gasteiger partial charge < -0.3 is 0 Å². The van der Waals surface area contributed by atoms with Gasteiger partial charge in [0, 0.05) is 0 Å². The Morgan fingerprint density at radius 2 is 1.30 bits per heavy atom. The highest BCUT2D eigenvalue weighted by Crippen LogP contribution is 2.36. The molecule has 1 aliphatic rings. The molecule has 4 atom stereocenters. The van der Waals surface area contributed by atoms with E-state index in [1.807, 2.05) is 27.7 Å². The van der Waals surface area contributed by atoms with E-state index in [2.05, 4.69) is 34.6 Å². The topological polar surface area (TPSA) is 0 Å². The van der Waals surface area contributed by atoms with Gasteiger partial charge in [-0.25, -0.2) is 0 Å². The summed E-state index contributed by atoms with van der Waals surface area (Å²) < 4.78 is 0. The number of hydrogen-bond donors (Lipinski definition) is 0. The summed E-state index contributed by atoms with van der Waals surface area (Å²) in [7, 11) is 0. The Morgan fingerprint density at radius 3 is 1.83 bits per heavy atom. The van der Waals surface area contributed by atoms with Gasteiger partial charge >= 0.3 is 0 Å². The van der Waals surface area contributed by atoms with Crippen LogP contribution in [0.5, 0.6) is 0 Å². The molecule has 0 amide bonds. The largest absolute Gasteiger partial charge is 0.0683 e. The normalized spacial score (nSPS) is 25.0. The maximum atomic E-state index is 2.46. The molecular weight excluding hydrogens is 276 g/mol. The minimum atomic E-state index is 0.887. The van der Waals surface area contributed by atoms with Crippen LogP contribution in [0.1, 0.15) is 120 Å². The molecule has 0 aromatic heterocycles. The van der Waals surface area contributed by atoms with E-state index >= 15 is 0 Å². The van der Waals surface area contributed by atoms with E-state index in [0.717, 1.165) is 29.6 Å². The summed E-state index contributed by atoms with van der Waals surface area (Å²) in [5, 5.41) is 0. The smallest absolute Gasteiger partial charge is 0.0412 e. The molecule has 0 nitrogen and oxygen atoms in total. The summed E-state index contributed by atoms with van der Waals surface area (Å²) in [5.41, 5.74) is 0. The second-order valence-corrected chi connectivity index (χ2v) is 7.99. The van der Waals surface area contributed by atoms with E-state index in [9.17, 15) is 0 Å². The van der Waals surface area contributed by atoms with Gasteiger partial charge in [-0.1, -0.05) is 114 Å². The first-order valence-electron chi connectivity index (χ1n) is 11.0. The molecule has 0 heteroatoms. The third kappa shape index (κ3) is 14.1. The Balaban J connectivity index is 0. The van der Waals surface area contributed by atoms with Gasteiger partial charge in [0.15, 0.2) is 0 Å². The lowest BCUT2D eigenvalue weighted by atomic mass is 9.74. The van der Waals surface area contributed by atoms with Crippen molar-refractivity contribution in [2.75, 3.05) is 0 Å². The zero-order valence-corrected chi connectivity index (χ0v) is 18.3. The summed E-state index contributed by atoms with van der Waals surface area (Å²) in [6, 6.07) is 0. The van der Waals surface area contributed by atoms with Gasteiger partial charge in [0.2, 0.25) is 0 Å². The quantitative estimate of drug-likeness (QED) is 0.418. The molecule has 0 bridgehead atoms. The van der Waals surface area contributed by atoms with E-state index in [4.69, 9.17) is 0 Å². The monoisotopic (exact) mass is 326 g/mol. The van der Waals surface area contributed by atoms with Crippen molar-refractivity contribution < 1.29 is 0 Å². The lowest BCUT2D eigenvalue weighted by molar-refractivity contribution is 0.195. The molecule has 0 radical (unpaired) electrons. The zero-order chi connectivity index (χ0) is 18.3. The lowest BCUT2D eigenvalue weighted by Crippen LogP contribution is -2.20. The van der Waals surface area contributed by atoms with E-state index < -0.39 is 0 Å². The predicted octanol–water partition coefficient (Wildman–Crippen LogP) is 8.74. The van der Waals surface area contributed by atoms with E-state index in [0.29, 0.717) is 0 Å². The van der Waals surface area contributed by atoms with Crippen LogP contribution in [-0.2, 0) is 0 Å². The van der Waals surface area contributed by atoms with Gasteiger partial charge in [-0.05, 0) is 36.0 Å². The van der Waals surface area contributed by atoms with Gasteiger partial charge in [0.25, 0.3) is 0 Å². The van der Waals surface area contributed by atoms with E-state index in [1.54, 1.807) is 0 Å². The van der Waals surface area contributed by atoms with Crippen molar-refractivity contribution in [1.82, 2.24) is 0 Å². The standard InChI is InChI=1S/C19H38.2C2H6/c1-15(2)8-6-9-16(3)10-7-11-19-13-12-17(4)18(5)14-19;2*1-2/h15-19H,6-14H2,1-5H3;2*1-2H3. The third-order valence-electron chi connectivity index (χ3n) is 5.49. The Bertz CT molecular complexity index is 218. The van der Waals surface area contributed by atoms with Crippen molar-refractivity contribution >= 4 is 0 Å². The fraction of sp³-hybridized carbons (Fsp3) is 1.00. The van der Waals surface area contributed by atoms with Gasteiger partial charge in [0.1, 0.15) is 0 Å². The second kappa shape index (κ2) is 16.8.